The van der Waals surface area contributed by atoms with E-state index in [9.17, 15) is 50.6 Å². The van der Waals surface area contributed by atoms with E-state index < -0.39 is 70.1 Å². The quantitative estimate of drug-likeness (QED) is 0.339. The molecule has 0 aliphatic heterocycles. The number of aromatic nitrogens is 4. The van der Waals surface area contributed by atoms with Crippen molar-refractivity contribution >= 4 is 28.6 Å². The minimum atomic E-state index is -5.00. The van der Waals surface area contributed by atoms with E-state index >= 15 is 0 Å². The Hall–Kier alpha value is -4.27. The number of alkyl halides is 6. The van der Waals surface area contributed by atoms with Gasteiger partial charge in [-0.1, -0.05) is 23.7 Å². The van der Waals surface area contributed by atoms with Crippen LogP contribution in [0.4, 0.5) is 26.3 Å². The molecule has 0 spiro atoms. The SMILES string of the molecule is Cn1c(=O)n(CC(F)(F)F)c2cc(-n3cc(C(=O)[O-])c(=O)n(Cc4cccc(Cl)c4C(F)(F)F)c3=O)ccc21. The topological polar surface area (TPSA) is 111 Å². The van der Waals surface area contributed by atoms with Crippen LogP contribution in [0.2, 0.25) is 5.02 Å². The van der Waals surface area contributed by atoms with Gasteiger partial charge in [-0.25, -0.2) is 9.59 Å². The molecule has 2 aromatic carbocycles. The van der Waals surface area contributed by atoms with Crippen molar-refractivity contribution in [2.45, 2.75) is 25.4 Å². The van der Waals surface area contributed by atoms with Gasteiger partial charge in [0.1, 0.15) is 6.54 Å². The Morgan fingerprint density at radius 2 is 1.62 bits per heavy atom. The van der Waals surface area contributed by atoms with Gasteiger partial charge in [0.25, 0.3) is 5.56 Å². The smallest absolute Gasteiger partial charge is 0.418 e. The number of carboxylic acid groups (broad SMARTS) is 1. The second-order valence-electron chi connectivity index (χ2n) is 8.36. The van der Waals surface area contributed by atoms with E-state index in [1.807, 2.05) is 0 Å². The molecule has 39 heavy (non-hydrogen) atoms. The van der Waals surface area contributed by atoms with Crippen molar-refractivity contribution in [3.05, 3.63) is 95.6 Å². The Balaban J connectivity index is 1.99. The fraction of sp³-hybridized carbons (Fsp3) is 0.217. The lowest BCUT2D eigenvalue weighted by Crippen LogP contribution is -2.44. The second kappa shape index (κ2) is 9.48. The number of halogens is 7. The lowest BCUT2D eigenvalue weighted by molar-refractivity contribution is -0.255. The summed E-state index contributed by atoms with van der Waals surface area (Å²) in [6.45, 7) is -2.74. The normalized spacial score (nSPS) is 12.3. The highest BCUT2D eigenvalue weighted by molar-refractivity contribution is 6.31. The van der Waals surface area contributed by atoms with Gasteiger partial charge in [0.05, 0.1) is 45.4 Å². The van der Waals surface area contributed by atoms with Gasteiger partial charge < -0.3 is 9.90 Å². The maximum Gasteiger partial charge on any atom is 0.418 e. The molecular formula is C23H14ClF6N4O5-. The van der Waals surface area contributed by atoms with Gasteiger partial charge in [-0.3, -0.25) is 23.1 Å². The van der Waals surface area contributed by atoms with E-state index in [-0.39, 0.29) is 21.3 Å². The molecule has 0 bridgehead atoms. The third-order valence-corrected chi connectivity index (χ3v) is 6.16. The number of aryl methyl sites for hydroxylation is 1. The van der Waals surface area contributed by atoms with Crippen LogP contribution in [0.1, 0.15) is 21.5 Å². The lowest BCUT2D eigenvalue weighted by atomic mass is 10.1. The summed E-state index contributed by atoms with van der Waals surface area (Å²) < 4.78 is 82.3. The molecule has 0 aliphatic rings. The van der Waals surface area contributed by atoms with Crippen LogP contribution in [-0.4, -0.2) is 30.4 Å². The molecular weight excluding hydrogens is 562 g/mol. The fourth-order valence-corrected chi connectivity index (χ4v) is 4.44. The Kier molecular flexibility index (Phi) is 6.75. The second-order valence-corrected chi connectivity index (χ2v) is 8.77. The number of nitrogens with zero attached hydrogens (tertiary/aromatic N) is 4. The standard InChI is InChI=1S/C23H15ClF6N4O5/c1-31-15-6-5-12(7-16(15)34(20(31)38)10-22(25,26)27)32-9-13(19(36)37)18(35)33(21(32)39)8-11-3-2-4-14(24)17(11)23(28,29)30/h2-7,9H,8,10H2,1H3,(H,36,37)/p-1. The molecule has 0 saturated carbocycles. The molecule has 4 aromatic rings. The highest BCUT2D eigenvalue weighted by Gasteiger charge is 2.36. The molecule has 0 amide bonds. The molecule has 9 nitrogen and oxygen atoms in total. The van der Waals surface area contributed by atoms with Crippen LogP contribution in [0.3, 0.4) is 0 Å². The van der Waals surface area contributed by atoms with Crippen molar-refractivity contribution in [2.75, 3.05) is 0 Å². The van der Waals surface area contributed by atoms with Crippen LogP contribution < -0.4 is 22.0 Å². The number of carbonyl (C=O) groups excluding carboxylic acids is 1. The molecule has 2 aromatic heterocycles. The third kappa shape index (κ3) is 5.08. The van der Waals surface area contributed by atoms with Crippen molar-refractivity contribution in [3.8, 4) is 5.69 Å². The predicted octanol–water partition coefficient (Wildman–Crippen LogP) is 2.30. The van der Waals surface area contributed by atoms with Gasteiger partial charge in [0.2, 0.25) is 0 Å². The summed E-state index contributed by atoms with van der Waals surface area (Å²) in [6, 6.07) is 6.29. The summed E-state index contributed by atoms with van der Waals surface area (Å²) in [5.41, 5.74) is -7.49. The van der Waals surface area contributed by atoms with Crippen molar-refractivity contribution in [3.63, 3.8) is 0 Å². The molecule has 0 N–H and O–H groups in total. The van der Waals surface area contributed by atoms with E-state index in [1.165, 1.54) is 13.1 Å². The minimum absolute atomic E-state index is 0.0308. The Bertz CT molecular complexity index is 1810. The Morgan fingerprint density at radius 1 is 0.949 bits per heavy atom. The molecule has 0 radical (unpaired) electrons. The van der Waals surface area contributed by atoms with E-state index in [2.05, 4.69) is 0 Å². The summed E-state index contributed by atoms with van der Waals surface area (Å²) in [5, 5.41) is 10.9. The third-order valence-electron chi connectivity index (χ3n) is 5.85. The summed E-state index contributed by atoms with van der Waals surface area (Å²) in [6.07, 6.45) is -9.26. The van der Waals surface area contributed by atoms with E-state index in [0.29, 0.717) is 15.3 Å². The van der Waals surface area contributed by atoms with Gasteiger partial charge in [-0.15, -0.1) is 0 Å². The predicted molar refractivity (Wildman–Crippen MR) is 123 cm³/mol. The van der Waals surface area contributed by atoms with Crippen LogP contribution in [0.25, 0.3) is 16.7 Å². The van der Waals surface area contributed by atoms with Crippen LogP contribution >= 0.6 is 11.6 Å². The van der Waals surface area contributed by atoms with Gasteiger partial charge in [0.15, 0.2) is 0 Å². The first-order valence-electron chi connectivity index (χ1n) is 10.7. The Morgan fingerprint density at radius 3 is 2.21 bits per heavy atom. The molecule has 206 valence electrons. The van der Waals surface area contributed by atoms with Crippen molar-refractivity contribution in [2.24, 2.45) is 7.05 Å². The maximum atomic E-state index is 13.6. The summed E-state index contributed by atoms with van der Waals surface area (Å²) in [7, 11) is 1.21. The largest absolute Gasteiger partial charge is 0.545 e. The average molecular weight is 576 g/mol. The number of carboxylic acids is 1. The number of rotatable bonds is 5. The number of hydrogen-bond donors (Lipinski definition) is 0. The van der Waals surface area contributed by atoms with E-state index in [0.717, 1.165) is 34.9 Å². The van der Waals surface area contributed by atoms with Crippen molar-refractivity contribution in [1.29, 1.82) is 0 Å². The van der Waals surface area contributed by atoms with Crippen LogP contribution in [-0.2, 0) is 26.3 Å². The fourth-order valence-electron chi connectivity index (χ4n) is 4.14. The zero-order valence-electron chi connectivity index (χ0n) is 19.4. The van der Waals surface area contributed by atoms with E-state index in [1.54, 1.807) is 0 Å². The molecule has 4 rings (SSSR count). The molecule has 16 heteroatoms. The maximum absolute atomic E-state index is 13.6. The Labute approximate surface area is 217 Å². The lowest BCUT2D eigenvalue weighted by Gasteiger charge is -2.17. The zero-order valence-corrected chi connectivity index (χ0v) is 20.2. The number of imidazole rings is 1. The summed E-state index contributed by atoms with van der Waals surface area (Å²) in [4.78, 5) is 50.1. The van der Waals surface area contributed by atoms with Crippen molar-refractivity contribution < 1.29 is 36.2 Å². The highest BCUT2D eigenvalue weighted by atomic mass is 35.5. The van der Waals surface area contributed by atoms with Crippen LogP contribution in [0.5, 0.6) is 0 Å². The van der Waals surface area contributed by atoms with Crippen LogP contribution in [0.15, 0.2) is 57.0 Å². The minimum Gasteiger partial charge on any atom is -0.545 e. The first-order valence-corrected chi connectivity index (χ1v) is 11.1. The molecule has 0 atom stereocenters. The van der Waals surface area contributed by atoms with Gasteiger partial charge in [0, 0.05) is 13.2 Å². The van der Waals surface area contributed by atoms with Gasteiger partial charge in [-0.2, -0.15) is 26.3 Å². The number of hydrogen-bond acceptors (Lipinski definition) is 5. The monoisotopic (exact) mass is 575 g/mol. The van der Waals surface area contributed by atoms with E-state index in [4.69, 9.17) is 11.6 Å². The number of carbonyl (C=O) groups is 1. The molecule has 2 heterocycles. The summed E-state index contributed by atoms with van der Waals surface area (Å²) >= 11 is 5.69. The molecule has 0 unspecified atom stereocenters. The van der Waals surface area contributed by atoms with Crippen LogP contribution in [0, 0.1) is 0 Å². The molecule has 0 aliphatic carbocycles. The molecule has 0 saturated heterocycles. The highest BCUT2D eigenvalue weighted by Crippen LogP contribution is 2.37. The number of aromatic carboxylic acids is 1. The summed E-state index contributed by atoms with van der Waals surface area (Å²) in [5.74, 6) is -2.07. The number of fused-ring (bicyclic) bond motifs is 1. The van der Waals surface area contributed by atoms with Gasteiger partial charge in [-0.05, 0) is 29.8 Å². The first-order chi connectivity index (χ1) is 18.0. The molecule has 0 fully saturated rings. The first kappa shape index (κ1) is 27.8. The average Bonchev–Trinajstić information content (AvgIpc) is 3.04. The van der Waals surface area contributed by atoms with Crippen molar-refractivity contribution in [1.82, 2.24) is 18.3 Å². The number of benzene rings is 2. The zero-order chi connectivity index (χ0) is 29.0. The van der Waals surface area contributed by atoms with Gasteiger partial charge >= 0.3 is 23.7 Å².